The Labute approximate surface area is 211 Å². The molecule has 2 aromatic heterocycles. The van der Waals surface area contributed by atoms with Crippen molar-refractivity contribution in [2.45, 2.75) is 6.92 Å². The van der Waals surface area contributed by atoms with Gasteiger partial charge >= 0.3 is 0 Å². The first kappa shape index (κ1) is 24.6. The molecule has 4 aromatic rings. The van der Waals surface area contributed by atoms with E-state index in [2.05, 4.69) is 20.3 Å². The van der Waals surface area contributed by atoms with Gasteiger partial charge in [-0.1, -0.05) is 6.07 Å². The topological polar surface area (TPSA) is 107 Å². The van der Waals surface area contributed by atoms with Crippen molar-refractivity contribution in [2.24, 2.45) is 5.73 Å². The Balaban J connectivity index is 1.50. The van der Waals surface area contributed by atoms with E-state index in [1.165, 1.54) is 6.07 Å². The van der Waals surface area contributed by atoms with Crippen LogP contribution in [0.5, 0.6) is 11.6 Å². The number of nitrogens with two attached hydrogens (primary N) is 1. The number of aromatic nitrogens is 3. The van der Waals surface area contributed by atoms with E-state index in [1.807, 2.05) is 6.07 Å². The van der Waals surface area contributed by atoms with Crippen LogP contribution in [0.3, 0.4) is 0 Å². The van der Waals surface area contributed by atoms with Gasteiger partial charge in [-0.2, -0.15) is 0 Å². The first-order valence-corrected chi connectivity index (χ1v) is 11.9. The average molecular weight is 509 g/mol. The number of hydrogen-bond donors (Lipinski definition) is 2. The van der Waals surface area contributed by atoms with Crippen molar-refractivity contribution in [3.63, 3.8) is 0 Å². The summed E-state index contributed by atoms with van der Waals surface area (Å²) >= 11 is 0. The van der Waals surface area contributed by atoms with Gasteiger partial charge in [0.15, 0.2) is 17.3 Å². The molecule has 1 amide bonds. The number of amides is 1. The van der Waals surface area contributed by atoms with Gasteiger partial charge < -0.3 is 20.5 Å². The number of fused-ring (bicyclic) bond motifs is 1. The second kappa shape index (κ2) is 10.5. The second-order valence-electron chi connectivity index (χ2n) is 8.73. The molecule has 3 heterocycles. The van der Waals surface area contributed by atoms with E-state index in [0.29, 0.717) is 42.4 Å². The molecule has 0 bridgehead atoms. The normalized spacial score (nSPS) is 14.1. The molecule has 5 rings (SSSR count). The Hall–Kier alpha value is -4.09. The highest BCUT2D eigenvalue weighted by Gasteiger charge is 2.17. The fraction of sp³-hybridized carbons (Fsp3) is 0.269. The summed E-state index contributed by atoms with van der Waals surface area (Å²) in [6, 6.07) is 10.2. The second-order valence-corrected chi connectivity index (χ2v) is 8.73. The van der Waals surface area contributed by atoms with Crippen molar-refractivity contribution < 1.29 is 23.0 Å². The molecule has 0 spiro atoms. The van der Waals surface area contributed by atoms with Gasteiger partial charge in [0.25, 0.3) is 0 Å². The van der Waals surface area contributed by atoms with Crippen molar-refractivity contribution in [1.29, 1.82) is 0 Å². The zero-order valence-electron chi connectivity index (χ0n) is 20.2. The lowest BCUT2D eigenvalue weighted by Gasteiger charge is -2.26. The third-order valence-electron chi connectivity index (χ3n) is 6.19. The fourth-order valence-corrected chi connectivity index (χ4v) is 4.26. The number of nitrogens with one attached hydrogen (secondary N) is 1. The fourth-order valence-electron chi connectivity index (χ4n) is 4.26. The number of ether oxygens (including phenoxy) is 2. The van der Waals surface area contributed by atoms with E-state index in [0.717, 1.165) is 42.9 Å². The lowest BCUT2D eigenvalue weighted by molar-refractivity contribution is 0.0398. The Morgan fingerprint density at radius 1 is 1.14 bits per heavy atom. The number of primary amides is 1. The van der Waals surface area contributed by atoms with Gasteiger partial charge in [-0.05, 0) is 36.8 Å². The van der Waals surface area contributed by atoms with Crippen molar-refractivity contribution in [3.05, 3.63) is 71.4 Å². The largest absolute Gasteiger partial charge is 0.437 e. The van der Waals surface area contributed by atoms with Crippen molar-refractivity contribution >= 4 is 17.2 Å². The molecule has 2 aromatic carbocycles. The molecular formula is C26H26F2N6O3. The highest BCUT2D eigenvalue weighted by molar-refractivity contribution is 5.94. The molecule has 0 atom stereocenters. The van der Waals surface area contributed by atoms with Gasteiger partial charge in [0.05, 0.1) is 30.8 Å². The van der Waals surface area contributed by atoms with Crippen molar-refractivity contribution in [3.8, 4) is 22.9 Å². The molecule has 0 radical (unpaired) electrons. The summed E-state index contributed by atoms with van der Waals surface area (Å²) in [6.07, 6.45) is 1.68. The minimum Gasteiger partial charge on any atom is -0.437 e. The smallest absolute Gasteiger partial charge is 0.248 e. The molecule has 9 nitrogen and oxygen atoms in total. The summed E-state index contributed by atoms with van der Waals surface area (Å²) in [5.41, 5.74) is 9.25. The summed E-state index contributed by atoms with van der Waals surface area (Å²) < 4.78 is 40.0. The lowest BCUT2D eigenvalue weighted by atomic mass is 10.0. The van der Waals surface area contributed by atoms with Crippen LogP contribution >= 0.6 is 0 Å². The molecule has 1 saturated heterocycles. The Bertz CT molecular complexity index is 1450. The molecule has 1 aliphatic rings. The number of rotatable bonds is 8. The molecule has 3 N–H and O–H groups in total. The van der Waals surface area contributed by atoms with Crippen LogP contribution in [0.2, 0.25) is 0 Å². The van der Waals surface area contributed by atoms with Gasteiger partial charge in [-0.15, -0.1) is 5.10 Å². The SMILES string of the molecule is Cc1cc(-c2cnc3c(NCCN4CCOCC4)cc(Oc4ccc(F)c(F)c4)nn23)ccc1C(N)=O. The van der Waals surface area contributed by atoms with E-state index >= 15 is 0 Å². The summed E-state index contributed by atoms with van der Waals surface area (Å²) in [4.78, 5) is 18.5. The minimum absolute atomic E-state index is 0.105. The molecule has 37 heavy (non-hydrogen) atoms. The van der Waals surface area contributed by atoms with Crippen LogP contribution in [0.15, 0.2) is 48.7 Å². The van der Waals surface area contributed by atoms with E-state index in [9.17, 15) is 13.6 Å². The summed E-state index contributed by atoms with van der Waals surface area (Å²) in [5.74, 6) is -2.22. The van der Waals surface area contributed by atoms with E-state index < -0.39 is 17.5 Å². The Morgan fingerprint density at radius 2 is 1.95 bits per heavy atom. The maximum absolute atomic E-state index is 13.8. The predicted molar refractivity (Wildman–Crippen MR) is 134 cm³/mol. The quantitative estimate of drug-likeness (QED) is 0.374. The van der Waals surface area contributed by atoms with Crippen LogP contribution < -0.4 is 15.8 Å². The van der Waals surface area contributed by atoms with E-state index in [1.54, 1.807) is 35.8 Å². The zero-order valence-corrected chi connectivity index (χ0v) is 20.2. The van der Waals surface area contributed by atoms with E-state index in [-0.39, 0.29) is 11.6 Å². The average Bonchev–Trinajstić information content (AvgIpc) is 3.31. The van der Waals surface area contributed by atoms with Gasteiger partial charge in [0.1, 0.15) is 5.75 Å². The molecule has 11 heteroatoms. The maximum atomic E-state index is 13.8. The number of morpholine rings is 1. The molecular weight excluding hydrogens is 482 g/mol. The van der Waals surface area contributed by atoms with Crippen LogP contribution in [0.25, 0.3) is 16.9 Å². The summed E-state index contributed by atoms with van der Waals surface area (Å²) in [7, 11) is 0. The molecule has 1 fully saturated rings. The minimum atomic E-state index is -1.02. The summed E-state index contributed by atoms with van der Waals surface area (Å²) in [6.45, 7) is 6.40. The first-order chi connectivity index (χ1) is 17.9. The number of benzene rings is 2. The van der Waals surface area contributed by atoms with Gasteiger partial charge in [-0.25, -0.2) is 18.3 Å². The molecule has 0 unspecified atom stereocenters. The van der Waals surface area contributed by atoms with Gasteiger partial charge in [0.2, 0.25) is 11.8 Å². The number of anilines is 1. The van der Waals surface area contributed by atoms with Crippen LogP contribution in [-0.4, -0.2) is 64.8 Å². The molecule has 1 aliphatic heterocycles. The first-order valence-electron chi connectivity index (χ1n) is 11.9. The van der Waals surface area contributed by atoms with Crippen LogP contribution in [-0.2, 0) is 4.74 Å². The number of carbonyl (C=O) groups is 1. The Kier molecular flexibility index (Phi) is 6.97. The third kappa shape index (κ3) is 5.37. The number of imidazole rings is 1. The van der Waals surface area contributed by atoms with Crippen LogP contribution in [0.4, 0.5) is 14.5 Å². The monoisotopic (exact) mass is 508 g/mol. The highest BCUT2D eigenvalue weighted by Crippen LogP contribution is 2.30. The number of nitrogens with zero attached hydrogens (tertiary/aromatic N) is 4. The standard InChI is InChI=1S/C26H26F2N6O3/c1-16-12-17(2-4-19(16)25(29)35)23-15-31-26-22(30-6-7-33-8-10-36-11-9-33)14-24(32-34(23)26)37-18-3-5-20(27)21(28)13-18/h2-5,12-15,30H,6-11H2,1H3,(H2,29,35). The zero-order chi connectivity index (χ0) is 25.9. The summed E-state index contributed by atoms with van der Waals surface area (Å²) in [5, 5.41) is 7.96. The highest BCUT2D eigenvalue weighted by atomic mass is 19.2. The molecule has 0 saturated carbocycles. The lowest BCUT2D eigenvalue weighted by Crippen LogP contribution is -2.39. The number of hydrogen-bond acceptors (Lipinski definition) is 7. The van der Waals surface area contributed by atoms with E-state index in [4.69, 9.17) is 15.2 Å². The predicted octanol–water partition coefficient (Wildman–Crippen LogP) is 3.62. The molecule has 0 aliphatic carbocycles. The van der Waals surface area contributed by atoms with Gasteiger partial charge in [-0.3, -0.25) is 9.69 Å². The van der Waals surface area contributed by atoms with Crippen LogP contribution in [0, 0.1) is 18.6 Å². The number of halogens is 2. The van der Waals surface area contributed by atoms with Crippen molar-refractivity contribution in [1.82, 2.24) is 19.5 Å². The van der Waals surface area contributed by atoms with Crippen LogP contribution in [0.1, 0.15) is 15.9 Å². The number of aryl methyl sites for hydroxylation is 1. The number of carbonyl (C=O) groups excluding carboxylic acids is 1. The molecule has 192 valence electrons. The maximum Gasteiger partial charge on any atom is 0.248 e. The third-order valence-corrected chi connectivity index (χ3v) is 6.19. The Morgan fingerprint density at radius 3 is 2.68 bits per heavy atom. The van der Waals surface area contributed by atoms with Crippen molar-refractivity contribution in [2.75, 3.05) is 44.7 Å². The van der Waals surface area contributed by atoms with Gasteiger partial charge in [0, 0.05) is 49.4 Å².